The Morgan fingerprint density at radius 3 is 2.44 bits per heavy atom. The van der Waals surface area contributed by atoms with Crippen molar-refractivity contribution >= 4 is 46.3 Å². The number of anilines is 1. The highest BCUT2D eigenvalue weighted by atomic mass is 35.5. The Morgan fingerprint density at radius 2 is 1.94 bits per heavy atom. The maximum absolute atomic E-state index is 11.3. The van der Waals surface area contributed by atoms with Crippen molar-refractivity contribution in [3.8, 4) is 0 Å². The molecule has 1 aromatic rings. The first-order valence-corrected chi connectivity index (χ1v) is 5.49. The third-order valence-electron chi connectivity index (χ3n) is 1.92. The normalized spacial score (nSPS) is 9.94. The molecule has 6 nitrogen and oxygen atoms in total. The first-order chi connectivity index (χ1) is 8.31. The van der Waals surface area contributed by atoms with Gasteiger partial charge < -0.3 is 5.32 Å². The van der Waals surface area contributed by atoms with E-state index in [0.717, 1.165) is 6.07 Å². The van der Waals surface area contributed by atoms with Crippen molar-refractivity contribution < 1.29 is 14.5 Å². The zero-order valence-electron chi connectivity index (χ0n) is 9.20. The number of Topliss-reactive ketones (excluding diaryl/α,β-unsaturated/α-hetero) is 1. The van der Waals surface area contributed by atoms with Crippen LogP contribution in [0, 0.1) is 10.1 Å². The molecule has 0 aliphatic rings. The van der Waals surface area contributed by atoms with Crippen molar-refractivity contribution in [2.24, 2.45) is 0 Å². The monoisotopic (exact) mass is 290 g/mol. The maximum Gasteiger partial charge on any atom is 0.289 e. The molecule has 8 heteroatoms. The molecule has 0 saturated heterocycles. The fourth-order valence-corrected chi connectivity index (χ4v) is 1.63. The van der Waals surface area contributed by atoms with E-state index in [2.05, 4.69) is 5.32 Å². The van der Waals surface area contributed by atoms with Crippen LogP contribution in [0.2, 0.25) is 10.0 Å². The number of halogens is 2. The van der Waals surface area contributed by atoms with E-state index >= 15 is 0 Å². The molecule has 0 fully saturated rings. The van der Waals surface area contributed by atoms with Crippen LogP contribution in [0.3, 0.4) is 0 Å². The number of carbonyl (C=O) groups excluding carboxylic acids is 2. The highest BCUT2D eigenvalue weighted by Crippen LogP contribution is 2.33. The molecule has 0 bridgehead atoms. The lowest BCUT2D eigenvalue weighted by atomic mass is 10.2. The average molecular weight is 291 g/mol. The highest BCUT2D eigenvalue weighted by molar-refractivity contribution is 6.37. The van der Waals surface area contributed by atoms with Crippen molar-refractivity contribution in [2.45, 2.75) is 13.3 Å². The Balaban J connectivity index is 2.98. The van der Waals surface area contributed by atoms with Crippen molar-refractivity contribution in [2.75, 3.05) is 5.32 Å². The number of nitro benzene ring substituents is 1. The number of amides is 1. The van der Waals surface area contributed by atoms with Crippen LogP contribution in [0.4, 0.5) is 11.4 Å². The van der Waals surface area contributed by atoms with Gasteiger partial charge in [0.05, 0.1) is 22.1 Å². The van der Waals surface area contributed by atoms with Gasteiger partial charge in [0.15, 0.2) is 0 Å². The van der Waals surface area contributed by atoms with Gasteiger partial charge in [0, 0.05) is 6.07 Å². The zero-order chi connectivity index (χ0) is 13.9. The number of hydrogen-bond acceptors (Lipinski definition) is 4. The van der Waals surface area contributed by atoms with Crippen LogP contribution in [0.25, 0.3) is 0 Å². The summed E-state index contributed by atoms with van der Waals surface area (Å²) in [5.74, 6) is -0.869. The van der Waals surface area contributed by atoms with Gasteiger partial charge in [-0.25, -0.2) is 0 Å². The number of rotatable bonds is 4. The Hall–Kier alpha value is -1.66. The van der Waals surface area contributed by atoms with E-state index in [0.29, 0.717) is 0 Å². The molecule has 0 saturated carbocycles. The van der Waals surface area contributed by atoms with Crippen LogP contribution >= 0.6 is 23.2 Å². The summed E-state index contributed by atoms with van der Waals surface area (Å²) in [6, 6.07) is 2.20. The minimum atomic E-state index is -0.685. The van der Waals surface area contributed by atoms with Crippen LogP contribution in [-0.4, -0.2) is 16.6 Å². The molecule has 1 N–H and O–H groups in total. The van der Waals surface area contributed by atoms with E-state index in [1.165, 1.54) is 13.0 Å². The lowest BCUT2D eigenvalue weighted by molar-refractivity contribution is -0.384. The maximum atomic E-state index is 11.3. The van der Waals surface area contributed by atoms with Gasteiger partial charge in [0.2, 0.25) is 5.91 Å². The van der Waals surface area contributed by atoms with E-state index in [9.17, 15) is 19.7 Å². The van der Waals surface area contributed by atoms with Crippen molar-refractivity contribution in [1.29, 1.82) is 0 Å². The number of nitro groups is 1. The largest absolute Gasteiger partial charge is 0.324 e. The van der Waals surface area contributed by atoms with Gasteiger partial charge in [-0.05, 0) is 13.0 Å². The Kier molecular flexibility index (Phi) is 4.63. The Morgan fingerprint density at radius 1 is 1.33 bits per heavy atom. The molecule has 0 spiro atoms. The summed E-state index contributed by atoms with van der Waals surface area (Å²) in [6.45, 7) is 1.27. The lowest BCUT2D eigenvalue weighted by Crippen LogP contribution is -2.15. The summed E-state index contributed by atoms with van der Waals surface area (Å²) in [5, 5.41) is 12.8. The second kappa shape index (κ2) is 5.79. The van der Waals surface area contributed by atoms with Crippen LogP contribution in [0.15, 0.2) is 12.1 Å². The zero-order valence-corrected chi connectivity index (χ0v) is 10.7. The second-order valence-corrected chi connectivity index (χ2v) is 4.28. The molecule has 0 unspecified atom stereocenters. The molecule has 1 aromatic carbocycles. The third kappa shape index (κ3) is 3.68. The number of benzene rings is 1. The molecule has 0 aromatic heterocycles. The standard InChI is InChI=1S/C10H8Cl2N2O4/c1-5(15)2-10(16)13-8-3-7(12)9(14(17)18)4-6(8)11/h3-4H,2H2,1H3,(H,13,16). The topological polar surface area (TPSA) is 89.3 Å². The SMILES string of the molecule is CC(=O)CC(=O)Nc1cc(Cl)c([N+](=O)[O-])cc1Cl. The molecule has 0 aliphatic carbocycles. The summed E-state index contributed by atoms with van der Waals surface area (Å²) >= 11 is 11.4. The number of hydrogen-bond donors (Lipinski definition) is 1. The van der Waals surface area contributed by atoms with Gasteiger partial charge >= 0.3 is 0 Å². The number of ketones is 1. The van der Waals surface area contributed by atoms with Gasteiger partial charge in [0.1, 0.15) is 10.8 Å². The predicted molar refractivity (Wildman–Crippen MR) is 67.0 cm³/mol. The van der Waals surface area contributed by atoms with Crippen LogP contribution in [-0.2, 0) is 9.59 Å². The van der Waals surface area contributed by atoms with E-state index in [1.807, 2.05) is 0 Å². The van der Waals surface area contributed by atoms with E-state index in [-0.39, 0.29) is 33.6 Å². The van der Waals surface area contributed by atoms with Crippen molar-refractivity contribution in [3.05, 3.63) is 32.3 Å². The lowest BCUT2D eigenvalue weighted by Gasteiger charge is -2.07. The molecule has 0 atom stereocenters. The molecule has 0 aliphatic heterocycles. The van der Waals surface area contributed by atoms with Gasteiger partial charge in [-0.3, -0.25) is 19.7 Å². The van der Waals surface area contributed by atoms with Crippen LogP contribution in [0.5, 0.6) is 0 Å². The van der Waals surface area contributed by atoms with Gasteiger partial charge in [0.25, 0.3) is 5.69 Å². The number of nitrogens with zero attached hydrogens (tertiary/aromatic N) is 1. The van der Waals surface area contributed by atoms with E-state index in [1.54, 1.807) is 0 Å². The second-order valence-electron chi connectivity index (χ2n) is 3.47. The van der Waals surface area contributed by atoms with Crippen molar-refractivity contribution in [1.82, 2.24) is 0 Å². The van der Waals surface area contributed by atoms with Gasteiger partial charge in [-0.2, -0.15) is 0 Å². The molecule has 0 heterocycles. The summed E-state index contributed by atoms with van der Waals surface area (Å²) in [5.41, 5.74) is -0.232. The average Bonchev–Trinajstić information content (AvgIpc) is 2.21. The van der Waals surface area contributed by atoms with Crippen molar-refractivity contribution in [3.63, 3.8) is 0 Å². The summed E-state index contributed by atoms with van der Waals surface area (Å²) in [7, 11) is 0. The smallest absolute Gasteiger partial charge is 0.289 e. The molecule has 18 heavy (non-hydrogen) atoms. The molecule has 96 valence electrons. The predicted octanol–water partition coefficient (Wildman–Crippen LogP) is 2.82. The van der Waals surface area contributed by atoms with E-state index < -0.39 is 10.8 Å². The molecular formula is C10H8Cl2N2O4. The summed E-state index contributed by atoms with van der Waals surface area (Å²) in [6.07, 6.45) is -0.301. The first-order valence-electron chi connectivity index (χ1n) is 4.74. The minimum Gasteiger partial charge on any atom is -0.324 e. The Bertz CT molecular complexity index is 531. The number of nitrogens with one attached hydrogen (secondary N) is 1. The molecule has 0 radical (unpaired) electrons. The quantitative estimate of drug-likeness (QED) is 0.524. The Labute approximate surface area is 112 Å². The van der Waals surface area contributed by atoms with Crippen LogP contribution < -0.4 is 5.32 Å². The van der Waals surface area contributed by atoms with Crippen LogP contribution in [0.1, 0.15) is 13.3 Å². The fraction of sp³-hybridized carbons (Fsp3) is 0.200. The highest BCUT2D eigenvalue weighted by Gasteiger charge is 2.17. The fourth-order valence-electron chi connectivity index (χ4n) is 1.19. The van der Waals surface area contributed by atoms with Gasteiger partial charge in [-0.1, -0.05) is 23.2 Å². The summed E-state index contributed by atoms with van der Waals surface area (Å²) < 4.78 is 0. The third-order valence-corrected chi connectivity index (χ3v) is 2.53. The molecule has 1 amide bonds. The molecule has 1 rings (SSSR count). The van der Waals surface area contributed by atoms with E-state index in [4.69, 9.17) is 23.2 Å². The van der Waals surface area contributed by atoms with Gasteiger partial charge in [-0.15, -0.1) is 0 Å². The first kappa shape index (κ1) is 14.4. The molecular weight excluding hydrogens is 283 g/mol. The number of carbonyl (C=O) groups is 2. The summed E-state index contributed by atoms with van der Waals surface area (Å²) in [4.78, 5) is 32.0. The minimum absolute atomic E-state index is 0.0250.